The standard InChI is InChI=1S/C20H24N4O3/c1-13(2)10-18(25)23-16-8-6-15(7-9-16)22-12-19(26)24-17-5-3-4-14(11-17)20(21)27/h3-9,11,13,22H,10,12H2,1-2H3,(H2,21,27)(H,23,25)(H,24,26). The first-order valence-corrected chi connectivity index (χ1v) is 8.67. The SMILES string of the molecule is CC(C)CC(=O)Nc1ccc(NCC(=O)Nc2cccc(C(N)=O)c2)cc1. The van der Waals surface area contributed by atoms with Crippen LogP contribution in [-0.2, 0) is 9.59 Å². The number of benzene rings is 2. The van der Waals surface area contributed by atoms with Crippen molar-refractivity contribution in [3.05, 3.63) is 54.1 Å². The van der Waals surface area contributed by atoms with E-state index in [4.69, 9.17) is 5.73 Å². The Hall–Kier alpha value is -3.35. The molecule has 0 aromatic heterocycles. The highest BCUT2D eigenvalue weighted by Crippen LogP contribution is 2.15. The van der Waals surface area contributed by atoms with Crippen molar-refractivity contribution in [1.82, 2.24) is 0 Å². The molecule has 0 aliphatic heterocycles. The lowest BCUT2D eigenvalue weighted by Gasteiger charge is -2.10. The summed E-state index contributed by atoms with van der Waals surface area (Å²) in [6.45, 7) is 4.03. The van der Waals surface area contributed by atoms with Gasteiger partial charge in [-0.2, -0.15) is 0 Å². The average Bonchev–Trinajstić information content (AvgIpc) is 2.60. The van der Waals surface area contributed by atoms with Crippen LogP contribution in [0.5, 0.6) is 0 Å². The molecule has 27 heavy (non-hydrogen) atoms. The van der Waals surface area contributed by atoms with Crippen molar-refractivity contribution in [2.45, 2.75) is 20.3 Å². The first-order chi connectivity index (χ1) is 12.8. The molecule has 2 rings (SSSR count). The van der Waals surface area contributed by atoms with E-state index in [0.29, 0.717) is 29.3 Å². The molecular formula is C20H24N4O3. The number of amides is 3. The number of carbonyl (C=O) groups excluding carboxylic acids is 3. The average molecular weight is 368 g/mol. The molecular weight excluding hydrogens is 344 g/mol. The quantitative estimate of drug-likeness (QED) is 0.574. The Kier molecular flexibility index (Phi) is 6.93. The van der Waals surface area contributed by atoms with Crippen LogP contribution in [-0.4, -0.2) is 24.3 Å². The van der Waals surface area contributed by atoms with Gasteiger partial charge in [-0.05, 0) is 48.4 Å². The van der Waals surface area contributed by atoms with E-state index in [1.54, 1.807) is 42.5 Å². The monoisotopic (exact) mass is 368 g/mol. The second kappa shape index (κ2) is 9.38. The summed E-state index contributed by atoms with van der Waals surface area (Å²) >= 11 is 0. The fourth-order valence-electron chi connectivity index (χ4n) is 2.39. The number of nitrogens with two attached hydrogens (primary N) is 1. The summed E-state index contributed by atoms with van der Waals surface area (Å²) in [4.78, 5) is 35.0. The van der Waals surface area contributed by atoms with Crippen LogP contribution in [0.25, 0.3) is 0 Å². The largest absolute Gasteiger partial charge is 0.376 e. The lowest BCUT2D eigenvalue weighted by Crippen LogP contribution is -2.22. The fraction of sp³-hybridized carbons (Fsp3) is 0.250. The molecule has 0 fully saturated rings. The van der Waals surface area contributed by atoms with Crippen molar-refractivity contribution >= 4 is 34.8 Å². The fourth-order valence-corrected chi connectivity index (χ4v) is 2.39. The first kappa shape index (κ1) is 20.0. The number of hydrogen-bond acceptors (Lipinski definition) is 4. The topological polar surface area (TPSA) is 113 Å². The molecule has 3 amide bonds. The molecule has 0 saturated heterocycles. The number of anilines is 3. The summed E-state index contributed by atoms with van der Waals surface area (Å²) in [5.41, 5.74) is 7.51. The van der Waals surface area contributed by atoms with E-state index in [1.807, 2.05) is 13.8 Å². The minimum Gasteiger partial charge on any atom is -0.376 e. The number of nitrogens with one attached hydrogen (secondary N) is 3. The van der Waals surface area contributed by atoms with E-state index in [0.717, 1.165) is 5.69 Å². The molecule has 0 heterocycles. The summed E-state index contributed by atoms with van der Waals surface area (Å²) in [7, 11) is 0. The van der Waals surface area contributed by atoms with Gasteiger partial charge in [0.05, 0.1) is 6.54 Å². The van der Waals surface area contributed by atoms with Gasteiger partial charge in [-0.3, -0.25) is 14.4 Å². The highest BCUT2D eigenvalue weighted by molar-refractivity contribution is 5.97. The van der Waals surface area contributed by atoms with Gasteiger partial charge in [0.25, 0.3) is 0 Å². The zero-order valence-electron chi connectivity index (χ0n) is 15.4. The third-order valence-electron chi connectivity index (χ3n) is 3.65. The highest BCUT2D eigenvalue weighted by Gasteiger charge is 2.07. The van der Waals surface area contributed by atoms with Crippen LogP contribution in [0.2, 0.25) is 0 Å². The Morgan fingerprint density at radius 3 is 2.15 bits per heavy atom. The highest BCUT2D eigenvalue weighted by atomic mass is 16.2. The van der Waals surface area contributed by atoms with E-state index in [2.05, 4.69) is 16.0 Å². The van der Waals surface area contributed by atoms with Crippen molar-refractivity contribution in [2.24, 2.45) is 11.7 Å². The van der Waals surface area contributed by atoms with Gasteiger partial charge in [0.1, 0.15) is 0 Å². The predicted octanol–water partition coefficient (Wildman–Crippen LogP) is 2.82. The van der Waals surface area contributed by atoms with E-state index in [-0.39, 0.29) is 18.4 Å². The number of rotatable bonds is 8. The molecule has 0 atom stereocenters. The minimum atomic E-state index is -0.551. The van der Waals surface area contributed by atoms with Crippen molar-refractivity contribution in [1.29, 1.82) is 0 Å². The Morgan fingerprint density at radius 1 is 0.889 bits per heavy atom. The number of carbonyl (C=O) groups is 3. The molecule has 5 N–H and O–H groups in total. The van der Waals surface area contributed by atoms with Crippen LogP contribution < -0.4 is 21.7 Å². The second-order valence-corrected chi connectivity index (χ2v) is 6.57. The lowest BCUT2D eigenvalue weighted by atomic mass is 10.1. The molecule has 2 aromatic carbocycles. The van der Waals surface area contributed by atoms with E-state index in [9.17, 15) is 14.4 Å². The van der Waals surface area contributed by atoms with Gasteiger partial charge in [-0.15, -0.1) is 0 Å². The molecule has 0 saturated carbocycles. The molecule has 142 valence electrons. The van der Waals surface area contributed by atoms with E-state index >= 15 is 0 Å². The Morgan fingerprint density at radius 2 is 1.52 bits per heavy atom. The van der Waals surface area contributed by atoms with Crippen LogP contribution in [0.15, 0.2) is 48.5 Å². The van der Waals surface area contributed by atoms with E-state index in [1.165, 1.54) is 6.07 Å². The Labute approximate surface area is 158 Å². The summed E-state index contributed by atoms with van der Waals surface area (Å²) in [6.07, 6.45) is 0.469. The molecule has 7 nitrogen and oxygen atoms in total. The summed E-state index contributed by atoms with van der Waals surface area (Å²) in [5.74, 6) is -0.535. The van der Waals surface area contributed by atoms with Gasteiger partial charge >= 0.3 is 0 Å². The van der Waals surface area contributed by atoms with E-state index < -0.39 is 5.91 Å². The smallest absolute Gasteiger partial charge is 0.248 e. The maximum atomic E-state index is 12.0. The van der Waals surface area contributed by atoms with Crippen LogP contribution in [0.1, 0.15) is 30.6 Å². The minimum absolute atomic E-state index is 0.0247. The third kappa shape index (κ3) is 6.81. The van der Waals surface area contributed by atoms with Crippen molar-refractivity contribution in [2.75, 3.05) is 22.5 Å². The van der Waals surface area contributed by atoms with Gasteiger partial charge in [0.15, 0.2) is 0 Å². The van der Waals surface area contributed by atoms with Crippen LogP contribution in [0.4, 0.5) is 17.1 Å². The van der Waals surface area contributed by atoms with Crippen molar-refractivity contribution in [3.8, 4) is 0 Å². The number of primary amides is 1. The summed E-state index contributed by atoms with van der Waals surface area (Å²) in [5, 5.41) is 8.52. The second-order valence-electron chi connectivity index (χ2n) is 6.57. The predicted molar refractivity (Wildman–Crippen MR) is 107 cm³/mol. The van der Waals surface area contributed by atoms with Gasteiger partial charge in [-0.1, -0.05) is 19.9 Å². The Balaban J connectivity index is 1.84. The summed E-state index contributed by atoms with van der Waals surface area (Å²) < 4.78 is 0. The molecule has 0 spiro atoms. The van der Waals surface area contributed by atoms with Crippen molar-refractivity contribution in [3.63, 3.8) is 0 Å². The van der Waals surface area contributed by atoms with Crippen molar-refractivity contribution < 1.29 is 14.4 Å². The van der Waals surface area contributed by atoms with Gasteiger partial charge in [0, 0.05) is 29.0 Å². The normalized spacial score (nSPS) is 10.3. The van der Waals surface area contributed by atoms with Gasteiger partial charge in [0.2, 0.25) is 17.7 Å². The first-order valence-electron chi connectivity index (χ1n) is 8.67. The van der Waals surface area contributed by atoms with Crippen LogP contribution >= 0.6 is 0 Å². The molecule has 0 aliphatic rings. The van der Waals surface area contributed by atoms with Gasteiger partial charge in [-0.25, -0.2) is 0 Å². The summed E-state index contributed by atoms with van der Waals surface area (Å²) in [6, 6.07) is 13.5. The number of hydrogen-bond donors (Lipinski definition) is 4. The molecule has 7 heteroatoms. The zero-order chi connectivity index (χ0) is 19.8. The van der Waals surface area contributed by atoms with Crippen LogP contribution in [0, 0.1) is 5.92 Å². The van der Waals surface area contributed by atoms with Crippen LogP contribution in [0.3, 0.4) is 0 Å². The molecule has 0 aliphatic carbocycles. The molecule has 0 bridgehead atoms. The maximum absolute atomic E-state index is 12.0. The molecule has 2 aromatic rings. The van der Waals surface area contributed by atoms with Gasteiger partial charge < -0.3 is 21.7 Å². The maximum Gasteiger partial charge on any atom is 0.248 e. The lowest BCUT2D eigenvalue weighted by molar-refractivity contribution is -0.117. The Bertz CT molecular complexity index is 816. The molecule has 0 radical (unpaired) electrons. The zero-order valence-corrected chi connectivity index (χ0v) is 15.4. The molecule has 0 unspecified atom stereocenters. The third-order valence-corrected chi connectivity index (χ3v) is 3.65.